The van der Waals surface area contributed by atoms with Crippen molar-refractivity contribution in [3.8, 4) is 0 Å². The third-order valence-corrected chi connectivity index (χ3v) is 4.84. The van der Waals surface area contributed by atoms with Gasteiger partial charge in [0, 0.05) is 18.6 Å². The third-order valence-electron chi connectivity index (χ3n) is 4.84. The van der Waals surface area contributed by atoms with Crippen molar-refractivity contribution in [3.63, 3.8) is 0 Å². The summed E-state index contributed by atoms with van der Waals surface area (Å²) in [5, 5.41) is 3.76. The van der Waals surface area contributed by atoms with Crippen molar-refractivity contribution in [1.29, 1.82) is 0 Å². The van der Waals surface area contributed by atoms with E-state index in [1.165, 1.54) is 31.4 Å². The van der Waals surface area contributed by atoms with Gasteiger partial charge in [0.2, 0.25) is 0 Å². The first-order valence-corrected chi connectivity index (χ1v) is 7.87. The van der Waals surface area contributed by atoms with Crippen LogP contribution in [-0.4, -0.2) is 36.6 Å². The van der Waals surface area contributed by atoms with Crippen molar-refractivity contribution in [3.05, 3.63) is 35.6 Å². The molecule has 3 rings (SSSR count). The minimum absolute atomic E-state index is 0.144. The normalized spacial score (nSPS) is 28.3. The van der Waals surface area contributed by atoms with E-state index in [0.717, 1.165) is 32.0 Å². The van der Waals surface area contributed by atoms with E-state index in [9.17, 15) is 4.39 Å². The van der Waals surface area contributed by atoms with Crippen LogP contribution in [0.5, 0.6) is 0 Å². The average molecular weight is 276 g/mol. The summed E-state index contributed by atoms with van der Waals surface area (Å²) >= 11 is 0. The van der Waals surface area contributed by atoms with Gasteiger partial charge in [0.25, 0.3) is 0 Å². The maximum atomic E-state index is 12.9. The number of hydrogen-bond acceptors (Lipinski definition) is 2. The molecule has 20 heavy (non-hydrogen) atoms. The van der Waals surface area contributed by atoms with Crippen molar-refractivity contribution in [2.75, 3.05) is 26.2 Å². The smallest absolute Gasteiger partial charge is 0.123 e. The second-order valence-corrected chi connectivity index (χ2v) is 6.62. The van der Waals surface area contributed by atoms with E-state index in [-0.39, 0.29) is 5.82 Å². The minimum Gasteiger partial charge on any atom is -0.310 e. The predicted molar refractivity (Wildman–Crippen MR) is 80.3 cm³/mol. The van der Waals surface area contributed by atoms with Crippen molar-refractivity contribution >= 4 is 0 Å². The molecule has 1 aliphatic carbocycles. The molecule has 1 unspecified atom stereocenters. The Morgan fingerprint density at radius 3 is 2.75 bits per heavy atom. The zero-order chi connectivity index (χ0) is 14.0. The predicted octanol–water partition coefficient (Wildman–Crippen LogP) is 2.83. The molecule has 2 fully saturated rings. The average Bonchev–Trinajstić information content (AvgIpc) is 3.26. The Morgan fingerprint density at radius 1 is 1.30 bits per heavy atom. The Morgan fingerprint density at radius 2 is 2.05 bits per heavy atom. The Bertz CT molecular complexity index is 441. The second-order valence-electron chi connectivity index (χ2n) is 6.62. The van der Waals surface area contributed by atoms with Crippen LogP contribution in [0.4, 0.5) is 4.39 Å². The first kappa shape index (κ1) is 14.0. The molecule has 0 bridgehead atoms. The van der Waals surface area contributed by atoms with Gasteiger partial charge < -0.3 is 10.2 Å². The topological polar surface area (TPSA) is 15.3 Å². The summed E-state index contributed by atoms with van der Waals surface area (Å²) in [4.78, 5) is 2.58. The lowest BCUT2D eigenvalue weighted by molar-refractivity contribution is 0.203. The lowest BCUT2D eigenvalue weighted by Crippen LogP contribution is -2.51. The quantitative estimate of drug-likeness (QED) is 0.909. The van der Waals surface area contributed by atoms with Crippen LogP contribution in [0.15, 0.2) is 24.3 Å². The highest BCUT2D eigenvalue weighted by molar-refractivity contribution is 5.16. The van der Waals surface area contributed by atoms with Crippen LogP contribution in [-0.2, 0) is 6.42 Å². The highest BCUT2D eigenvalue weighted by atomic mass is 19.1. The van der Waals surface area contributed by atoms with Crippen LogP contribution in [0.3, 0.4) is 0 Å². The maximum Gasteiger partial charge on any atom is 0.123 e. The lowest BCUT2D eigenvalue weighted by atomic mass is 9.95. The van der Waals surface area contributed by atoms with Crippen molar-refractivity contribution in [1.82, 2.24) is 10.2 Å². The molecular weight excluding hydrogens is 251 g/mol. The highest BCUT2D eigenvalue weighted by Gasteiger charge is 2.42. The van der Waals surface area contributed by atoms with E-state index in [0.29, 0.717) is 5.54 Å². The summed E-state index contributed by atoms with van der Waals surface area (Å²) in [7, 11) is 0. The van der Waals surface area contributed by atoms with Gasteiger partial charge in [-0.15, -0.1) is 0 Å². The number of nitrogens with zero attached hydrogens (tertiary/aromatic N) is 1. The standard InChI is InChI=1S/C17H25FN2/c1-17(15-5-6-15)13-20(11-2-10-19-17)12-9-14-3-7-16(18)8-4-14/h3-4,7-8,15,19H,2,5-6,9-13H2,1H3. The van der Waals surface area contributed by atoms with E-state index < -0.39 is 0 Å². The van der Waals surface area contributed by atoms with Crippen LogP contribution < -0.4 is 5.32 Å². The van der Waals surface area contributed by atoms with Gasteiger partial charge in [-0.3, -0.25) is 0 Å². The number of hydrogen-bond donors (Lipinski definition) is 1. The third kappa shape index (κ3) is 3.39. The number of nitrogens with one attached hydrogen (secondary N) is 1. The molecule has 2 nitrogen and oxygen atoms in total. The second kappa shape index (κ2) is 5.82. The van der Waals surface area contributed by atoms with Crippen LogP contribution in [0, 0.1) is 11.7 Å². The molecule has 1 saturated carbocycles. The van der Waals surface area contributed by atoms with Crippen LogP contribution in [0.2, 0.25) is 0 Å². The summed E-state index contributed by atoms with van der Waals surface area (Å²) in [5.74, 6) is 0.725. The van der Waals surface area contributed by atoms with E-state index in [2.05, 4.69) is 17.1 Å². The minimum atomic E-state index is -0.144. The van der Waals surface area contributed by atoms with Crippen LogP contribution in [0.25, 0.3) is 0 Å². The molecular formula is C17H25FN2. The monoisotopic (exact) mass is 276 g/mol. The van der Waals surface area contributed by atoms with Gasteiger partial charge in [0.1, 0.15) is 5.82 Å². The van der Waals surface area contributed by atoms with Gasteiger partial charge >= 0.3 is 0 Å². The van der Waals surface area contributed by atoms with E-state index >= 15 is 0 Å². The van der Waals surface area contributed by atoms with Gasteiger partial charge in [0.15, 0.2) is 0 Å². The summed E-state index contributed by atoms with van der Waals surface area (Å²) in [6, 6.07) is 6.94. The highest BCUT2D eigenvalue weighted by Crippen LogP contribution is 2.40. The zero-order valence-electron chi connectivity index (χ0n) is 12.4. The van der Waals surface area contributed by atoms with Crippen molar-refractivity contribution in [2.45, 2.75) is 38.1 Å². The molecule has 1 aromatic carbocycles. The molecule has 1 N–H and O–H groups in total. The number of rotatable bonds is 4. The van der Waals surface area contributed by atoms with Gasteiger partial charge in [-0.05, 0) is 69.3 Å². The fourth-order valence-corrected chi connectivity index (χ4v) is 3.40. The van der Waals surface area contributed by atoms with Crippen molar-refractivity contribution < 1.29 is 4.39 Å². The van der Waals surface area contributed by atoms with Gasteiger partial charge in [-0.1, -0.05) is 12.1 Å². The molecule has 2 aliphatic rings. The molecule has 1 aliphatic heterocycles. The van der Waals surface area contributed by atoms with Crippen molar-refractivity contribution in [2.24, 2.45) is 5.92 Å². The molecule has 1 aromatic rings. The van der Waals surface area contributed by atoms with Crippen LogP contribution in [0.1, 0.15) is 31.7 Å². The Labute approximate surface area is 121 Å². The Balaban J connectivity index is 1.57. The number of benzene rings is 1. The molecule has 1 saturated heterocycles. The van der Waals surface area contributed by atoms with Gasteiger partial charge in [0.05, 0.1) is 0 Å². The summed E-state index contributed by atoms with van der Waals surface area (Å²) in [6.45, 7) is 6.94. The summed E-state index contributed by atoms with van der Waals surface area (Å²) in [6.07, 6.45) is 5.01. The number of halogens is 1. The maximum absolute atomic E-state index is 12.9. The first-order chi connectivity index (χ1) is 9.66. The van der Waals surface area contributed by atoms with E-state index in [4.69, 9.17) is 0 Å². The largest absolute Gasteiger partial charge is 0.310 e. The Kier molecular flexibility index (Phi) is 4.08. The fourth-order valence-electron chi connectivity index (χ4n) is 3.40. The summed E-state index contributed by atoms with van der Waals surface area (Å²) in [5.41, 5.74) is 1.54. The SMILES string of the molecule is CC1(C2CC2)CN(CCc2ccc(F)cc2)CCCN1. The summed E-state index contributed by atoms with van der Waals surface area (Å²) < 4.78 is 12.9. The molecule has 1 atom stereocenters. The fraction of sp³-hybridized carbons (Fsp3) is 0.647. The molecule has 0 aromatic heterocycles. The Hall–Kier alpha value is -0.930. The molecule has 0 amide bonds. The molecule has 0 radical (unpaired) electrons. The van der Waals surface area contributed by atoms with E-state index in [1.807, 2.05) is 12.1 Å². The molecule has 0 spiro atoms. The zero-order valence-corrected chi connectivity index (χ0v) is 12.4. The van der Waals surface area contributed by atoms with Gasteiger partial charge in [-0.25, -0.2) is 4.39 Å². The van der Waals surface area contributed by atoms with Gasteiger partial charge in [-0.2, -0.15) is 0 Å². The van der Waals surface area contributed by atoms with E-state index in [1.54, 1.807) is 12.1 Å². The molecule has 3 heteroatoms. The van der Waals surface area contributed by atoms with Crippen LogP contribution >= 0.6 is 0 Å². The first-order valence-electron chi connectivity index (χ1n) is 7.87. The molecule has 110 valence electrons. The lowest BCUT2D eigenvalue weighted by Gasteiger charge is -2.34. The molecule has 1 heterocycles.